The van der Waals surface area contributed by atoms with Crippen LogP contribution in [0.2, 0.25) is 0 Å². The van der Waals surface area contributed by atoms with Gasteiger partial charge in [0, 0.05) is 45.7 Å². The number of carbonyl (C=O) groups is 1. The smallest absolute Gasteiger partial charge is 0.222 e. The van der Waals surface area contributed by atoms with E-state index in [0.29, 0.717) is 24.2 Å². The third-order valence-electron chi connectivity index (χ3n) is 4.68. The minimum atomic E-state index is 0.293. The summed E-state index contributed by atoms with van der Waals surface area (Å²) in [5, 5.41) is 8.14. The Labute approximate surface area is 125 Å². The van der Waals surface area contributed by atoms with Crippen LogP contribution in [0, 0.1) is 5.92 Å². The summed E-state index contributed by atoms with van der Waals surface area (Å²) in [7, 11) is 1.98. The lowest BCUT2D eigenvalue weighted by molar-refractivity contribution is -0.134. The Morgan fingerprint density at radius 1 is 1.38 bits per heavy atom. The van der Waals surface area contributed by atoms with Gasteiger partial charge in [-0.25, -0.2) is 0 Å². The number of hydrogen-bond donors (Lipinski definition) is 0. The van der Waals surface area contributed by atoms with Crippen molar-refractivity contribution in [3.63, 3.8) is 0 Å². The number of ether oxygens (including phenoxy) is 1. The van der Waals surface area contributed by atoms with Gasteiger partial charge in [-0.3, -0.25) is 4.79 Å². The van der Waals surface area contributed by atoms with Gasteiger partial charge in [0.15, 0.2) is 0 Å². The lowest BCUT2D eigenvalue weighted by Crippen LogP contribution is -2.39. The first-order valence-electron chi connectivity index (χ1n) is 7.93. The highest BCUT2D eigenvalue weighted by molar-refractivity contribution is 5.76. The number of hydrogen-bond acceptors (Lipinski definition) is 4. The highest BCUT2D eigenvalue weighted by Gasteiger charge is 2.28. The van der Waals surface area contributed by atoms with E-state index in [9.17, 15) is 4.79 Å². The van der Waals surface area contributed by atoms with Crippen LogP contribution in [0.5, 0.6) is 0 Å². The van der Waals surface area contributed by atoms with Crippen LogP contribution >= 0.6 is 0 Å². The highest BCUT2D eigenvalue weighted by atomic mass is 16.5. The van der Waals surface area contributed by atoms with Crippen molar-refractivity contribution in [3.05, 3.63) is 12.2 Å². The zero-order valence-corrected chi connectivity index (χ0v) is 12.7. The fourth-order valence-electron chi connectivity index (χ4n) is 3.39. The van der Waals surface area contributed by atoms with Gasteiger partial charge >= 0.3 is 0 Å². The number of nitrogens with zero attached hydrogens (tertiary/aromatic N) is 4. The van der Waals surface area contributed by atoms with Crippen LogP contribution in [-0.4, -0.2) is 51.9 Å². The summed E-state index contributed by atoms with van der Waals surface area (Å²) >= 11 is 0. The minimum Gasteiger partial charge on any atom is -0.381 e. The van der Waals surface area contributed by atoms with Crippen molar-refractivity contribution in [1.29, 1.82) is 0 Å². The molecule has 0 bridgehead atoms. The molecular formula is C15H24N4O2. The lowest BCUT2D eigenvalue weighted by atomic mass is 9.94. The second kappa shape index (κ2) is 6.56. The van der Waals surface area contributed by atoms with Gasteiger partial charge < -0.3 is 14.2 Å². The molecule has 2 fully saturated rings. The number of amides is 1. The second-order valence-electron chi connectivity index (χ2n) is 6.24. The highest BCUT2D eigenvalue weighted by Crippen LogP contribution is 2.27. The van der Waals surface area contributed by atoms with Gasteiger partial charge in [-0.05, 0) is 31.6 Å². The summed E-state index contributed by atoms with van der Waals surface area (Å²) in [6.07, 6.45) is 6.58. The molecule has 0 unspecified atom stereocenters. The number of likely N-dealkylation sites (tertiary alicyclic amines) is 1. The Morgan fingerprint density at radius 3 is 2.81 bits per heavy atom. The summed E-state index contributed by atoms with van der Waals surface area (Å²) in [4.78, 5) is 14.4. The first-order chi connectivity index (χ1) is 10.2. The minimum absolute atomic E-state index is 0.293. The van der Waals surface area contributed by atoms with Gasteiger partial charge in [0.2, 0.25) is 5.91 Å². The average molecular weight is 292 g/mol. The first-order valence-corrected chi connectivity index (χ1v) is 7.93. The van der Waals surface area contributed by atoms with E-state index < -0.39 is 0 Å². The maximum Gasteiger partial charge on any atom is 0.222 e. The largest absolute Gasteiger partial charge is 0.381 e. The Balaban J connectivity index is 1.48. The molecule has 6 nitrogen and oxygen atoms in total. The maximum absolute atomic E-state index is 12.4. The van der Waals surface area contributed by atoms with Crippen molar-refractivity contribution in [1.82, 2.24) is 19.7 Å². The second-order valence-corrected chi connectivity index (χ2v) is 6.24. The number of aromatic nitrogens is 3. The maximum atomic E-state index is 12.4. The summed E-state index contributed by atoms with van der Waals surface area (Å²) in [5.41, 5.74) is 0. The fraction of sp³-hybridized carbons (Fsp3) is 0.800. The Kier molecular flexibility index (Phi) is 4.53. The fourth-order valence-corrected chi connectivity index (χ4v) is 3.39. The lowest BCUT2D eigenvalue weighted by Gasteiger charge is -2.33. The molecule has 21 heavy (non-hydrogen) atoms. The molecular weight excluding hydrogens is 268 g/mol. The van der Waals surface area contributed by atoms with Gasteiger partial charge in [-0.15, -0.1) is 10.2 Å². The third kappa shape index (κ3) is 3.43. The van der Waals surface area contributed by atoms with E-state index in [0.717, 1.165) is 57.8 Å². The topological polar surface area (TPSA) is 60.2 Å². The molecule has 3 heterocycles. The van der Waals surface area contributed by atoms with Gasteiger partial charge in [0.1, 0.15) is 12.2 Å². The van der Waals surface area contributed by atoms with E-state index in [2.05, 4.69) is 10.2 Å². The van der Waals surface area contributed by atoms with E-state index in [4.69, 9.17) is 4.74 Å². The van der Waals surface area contributed by atoms with Crippen LogP contribution in [0.25, 0.3) is 0 Å². The van der Waals surface area contributed by atoms with Crippen LogP contribution in [0.3, 0.4) is 0 Å². The SMILES string of the molecule is Cn1cnnc1C1CCN(C(=O)C[C@H]2CCCOC2)CC1. The summed E-state index contributed by atoms with van der Waals surface area (Å²) in [6.45, 7) is 3.28. The monoisotopic (exact) mass is 292 g/mol. The van der Waals surface area contributed by atoms with E-state index in [-0.39, 0.29) is 0 Å². The predicted molar refractivity (Wildman–Crippen MR) is 77.7 cm³/mol. The van der Waals surface area contributed by atoms with E-state index in [1.54, 1.807) is 6.33 Å². The Hall–Kier alpha value is -1.43. The number of piperidine rings is 1. The summed E-state index contributed by atoms with van der Waals surface area (Å²) in [6, 6.07) is 0. The molecule has 0 saturated carbocycles. The first kappa shape index (κ1) is 14.5. The molecule has 1 aromatic rings. The Morgan fingerprint density at radius 2 is 2.19 bits per heavy atom. The average Bonchev–Trinajstić information content (AvgIpc) is 2.94. The van der Waals surface area contributed by atoms with E-state index >= 15 is 0 Å². The quantitative estimate of drug-likeness (QED) is 0.843. The molecule has 2 aliphatic heterocycles. The molecule has 1 amide bonds. The predicted octanol–water partition coefficient (Wildman–Crippen LogP) is 1.34. The third-order valence-corrected chi connectivity index (χ3v) is 4.68. The van der Waals surface area contributed by atoms with Crippen LogP contribution in [0.4, 0.5) is 0 Å². The van der Waals surface area contributed by atoms with Gasteiger partial charge in [-0.1, -0.05) is 0 Å². The molecule has 0 aromatic carbocycles. The molecule has 116 valence electrons. The zero-order valence-electron chi connectivity index (χ0n) is 12.7. The van der Waals surface area contributed by atoms with Crippen molar-refractivity contribution < 1.29 is 9.53 Å². The van der Waals surface area contributed by atoms with Crippen molar-refractivity contribution in [2.45, 2.75) is 38.0 Å². The van der Waals surface area contributed by atoms with Crippen LogP contribution in [-0.2, 0) is 16.6 Å². The van der Waals surface area contributed by atoms with Gasteiger partial charge in [0.25, 0.3) is 0 Å². The van der Waals surface area contributed by atoms with Gasteiger partial charge in [0.05, 0.1) is 0 Å². The van der Waals surface area contributed by atoms with Crippen molar-refractivity contribution in [3.8, 4) is 0 Å². The summed E-state index contributed by atoms with van der Waals surface area (Å²) < 4.78 is 7.45. The van der Waals surface area contributed by atoms with Crippen LogP contribution in [0.15, 0.2) is 6.33 Å². The van der Waals surface area contributed by atoms with Gasteiger partial charge in [-0.2, -0.15) is 0 Å². The normalized spacial score (nSPS) is 24.2. The van der Waals surface area contributed by atoms with Crippen LogP contribution in [0.1, 0.15) is 43.8 Å². The molecule has 0 N–H and O–H groups in total. The summed E-state index contributed by atoms with van der Waals surface area (Å²) in [5.74, 6) is 2.19. The Bertz CT molecular complexity index is 474. The molecule has 2 saturated heterocycles. The number of carbonyl (C=O) groups excluding carboxylic acids is 1. The van der Waals surface area contributed by atoms with Crippen molar-refractivity contribution in [2.24, 2.45) is 13.0 Å². The van der Waals surface area contributed by atoms with Crippen molar-refractivity contribution in [2.75, 3.05) is 26.3 Å². The molecule has 0 radical (unpaired) electrons. The molecule has 0 spiro atoms. The van der Waals surface area contributed by atoms with Crippen LogP contribution < -0.4 is 0 Å². The zero-order chi connectivity index (χ0) is 14.7. The van der Waals surface area contributed by atoms with E-state index in [1.165, 1.54) is 0 Å². The molecule has 3 rings (SSSR count). The molecule has 1 aromatic heterocycles. The standard InChI is InChI=1S/C15H24N4O2/c1-18-11-16-17-15(18)13-4-6-19(7-5-13)14(20)9-12-3-2-8-21-10-12/h11-13H,2-10H2,1H3/t12-/m1/s1. The van der Waals surface area contributed by atoms with E-state index in [1.807, 2.05) is 16.5 Å². The number of rotatable bonds is 3. The molecule has 1 atom stereocenters. The van der Waals surface area contributed by atoms with Crippen molar-refractivity contribution >= 4 is 5.91 Å². The molecule has 0 aliphatic carbocycles. The molecule has 2 aliphatic rings. The molecule has 6 heteroatoms. The number of aryl methyl sites for hydroxylation is 1.